The van der Waals surface area contributed by atoms with Crippen LogP contribution < -0.4 is 15.0 Å². The Kier molecular flexibility index (Phi) is 5.11. The normalized spacial score (nSPS) is 14.5. The zero-order valence-corrected chi connectivity index (χ0v) is 13.9. The van der Waals surface area contributed by atoms with Crippen molar-refractivity contribution in [1.29, 1.82) is 0 Å². The minimum atomic E-state index is -0.284. The van der Waals surface area contributed by atoms with Crippen molar-refractivity contribution >= 4 is 11.4 Å². The van der Waals surface area contributed by atoms with Gasteiger partial charge >= 0.3 is 0 Å². The van der Waals surface area contributed by atoms with Gasteiger partial charge in [0.05, 0.1) is 0 Å². The molecular weight excluding hydrogens is 305 g/mol. The molecular formula is C19H22FN3O. The highest BCUT2D eigenvalue weighted by molar-refractivity contribution is 5.61. The number of rotatable bonds is 5. The molecule has 24 heavy (non-hydrogen) atoms. The number of piperazine rings is 1. The van der Waals surface area contributed by atoms with E-state index in [2.05, 4.69) is 21.8 Å². The summed E-state index contributed by atoms with van der Waals surface area (Å²) in [7, 11) is 0. The van der Waals surface area contributed by atoms with Crippen LogP contribution in [0, 0.1) is 5.82 Å². The van der Waals surface area contributed by atoms with Gasteiger partial charge in [-0.3, -0.25) is 0 Å². The average Bonchev–Trinajstić information content (AvgIpc) is 2.61. The van der Waals surface area contributed by atoms with E-state index in [0.717, 1.165) is 43.1 Å². The predicted octanol–water partition coefficient (Wildman–Crippen LogP) is 3.24. The van der Waals surface area contributed by atoms with Gasteiger partial charge in [0.1, 0.15) is 18.2 Å². The van der Waals surface area contributed by atoms with Crippen LogP contribution in [0.4, 0.5) is 10.2 Å². The highest BCUT2D eigenvalue weighted by Crippen LogP contribution is 2.20. The topological polar surface area (TPSA) is 37.4 Å². The second kappa shape index (κ2) is 7.45. The molecule has 0 bridgehead atoms. The van der Waals surface area contributed by atoms with Crippen LogP contribution in [-0.2, 0) is 6.61 Å². The third kappa shape index (κ3) is 3.92. The molecule has 1 aliphatic rings. The smallest absolute Gasteiger partial charge is 0.215 e. The molecule has 0 aliphatic carbocycles. The van der Waals surface area contributed by atoms with Crippen LogP contribution >= 0.6 is 0 Å². The Hall–Kier alpha value is -2.40. The fourth-order valence-electron chi connectivity index (χ4n) is 2.64. The maximum Gasteiger partial charge on any atom is 0.215 e. The number of nitrogens with zero attached hydrogens (tertiary/aromatic N) is 2. The molecule has 1 aromatic carbocycles. The van der Waals surface area contributed by atoms with Crippen LogP contribution in [0.3, 0.4) is 0 Å². The molecule has 1 saturated heterocycles. The molecule has 0 spiro atoms. The van der Waals surface area contributed by atoms with E-state index >= 15 is 0 Å². The zero-order valence-electron chi connectivity index (χ0n) is 13.9. The third-order valence-corrected chi connectivity index (χ3v) is 4.07. The lowest BCUT2D eigenvalue weighted by molar-refractivity contribution is 0.288. The van der Waals surface area contributed by atoms with Crippen LogP contribution in [0.5, 0.6) is 5.88 Å². The molecule has 2 aromatic rings. The highest BCUT2D eigenvalue weighted by atomic mass is 19.1. The van der Waals surface area contributed by atoms with E-state index in [1.165, 1.54) is 6.07 Å². The number of hydrogen-bond acceptors (Lipinski definition) is 4. The van der Waals surface area contributed by atoms with E-state index < -0.39 is 0 Å². The first-order valence-electron chi connectivity index (χ1n) is 8.13. The van der Waals surface area contributed by atoms with Crippen molar-refractivity contribution in [3.8, 4) is 5.88 Å². The van der Waals surface area contributed by atoms with E-state index in [4.69, 9.17) is 4.74 Å². The highest BCUT2D eigenvalue weighted by Gasteiger charge is 2.12. The molecule has 1 fully saturated rings. The van der Waals surface area contributed by atoms with Gasteiger partial charge in [-0.25, -0.2) is 4.39 Å². The lowest BCUT2D eigenvalue weighted by atomic mass is 10.1. The summed E-state index contributed by atoms with van der Waals surface area (Å²) < 4.78 is 19.8. The Bertz CT molecular complexity index is 726. The van der Waals surface area contributed by atoms with Crippen molar-refractivity contribution in [3.63, 3.8) is 0 Å². The molecule has 126 valence electrons. The minimum absolute atomic E-state index is 0.153. The molecule has 0 radical (unpaired) electrons. The Labute approximate surface area is 142 Å². The molecule has 0 saturated carbocycles. The summed E-state index contributed by atoms with van der Waals surface area (Å²) in [4.78, 5) is 6.74. The van der Waals surface area contributed by atoms with Crippen LogP contribution in [0.2, 0.25) is 0 Å². The average molecular weight is 327 g/mol. The largest absolute Gasteiger partial charge is 0.473 e. The quantitative estimate of drug-likeness (QED) is 0.915. The van der Waals surface area contributed by atoms with E-state index in [1.54, 1.807) is 12.1 Å². The number of hydrogen-bond donors (Lipinski definition) is 1. The Morgan fingerprint density at radius 3 is 2.79 bits per heavy atom. The maximum atomic E-state index is 14.1. The minimum Gasteiger partial charge on any atom is -0.473 e. The number of benzene rings is 1. The lowest BCUT2D eigenvalue weighted by Gasteiger charge is -2.28. The molecule has 1 aromatic heterocycles. The molecule has 5 heteroatoms. The number of allylic oxidation sites excluding steroid dienone is 1. The Balaban J connectivity index is 1.67. The van der Waals surface area contributed by atoms with E-state index in [1.807, 2.05) is 25.1 Å². The molecule has 4 nitrogen and oxygen atoms in total. The molecule has 1 aliphatic heterocycles. The van der Waals surface area contributed by atoms with E-state index in [9.17, 15) is 4.39 Å². The monoisotopic (exact) mass is 327 g/mol. The molecule has 0 amide bonds. The Morgan fingerprint density at radius 1 is 1.29 bits per heavy atom. The number of ether oxygens (including phenoxy) is 1. The summed E-state index contributed by atoms with van der Waals surface area (Å²) in [6, 6.07) is 10.8. The van der Waals surface area contributed by atoms with Gasteiger partial charge in [-0.15, -0.1) is 0 Å². The van der Waals surface area contributed by atoms with Gasteiger partial charge in [0.2, 0.25) is 5.88 Å². The van der Waals surface area contributed by atoms with Crippen LogP contribution in [0.1, 0.15) is 18.1 Å². The number of pyridine rings is 1. The number of nitrogens with one attached hydrogen (secondary N) is 1. The van der Waals surface area contributed by atoms with Gasteiger partial charge in [-0.2, -0.15) is 4.98 Å². The number of halogens is 1. The summed E-state index contributed by atoms with van der Waals surface area (Å²) in [5.41, 5.74) is 2.15. The maximum absolute atomic E-state index is 14.1. The second-order valence-electron chi connectivity index (χ2n) is 5.95. The molecule has 1 N–H and O–H groups in total. The second-order valence-corrected chi connectivity index (χ2v) is 5.95. The summed E-state index contributed by atoms with van der Waals surface area (Å²) >= 11 is 0. The Morgan fingerprint density at radius 2 is 2.08 bits per heavy atom. The fraction of sp³-hybridized carbons (Fsp3) is 0.316. The van der Waals surface area contributed by atoms with Crippen molar-refractivity contribution in [2.24, 2.45) is 0 Å². The summed E-state index contributed by atoms with van der Waals surface area (Å²) in [5.74, 6) is 1.12. The standard InChI is InChI=1S/C19H22FN3O/c1-14(2)15-6-7-16(17(20)12-15)13-24-19-5-3-4-18(22-19)23-10-8-21-9-11-23/h3-7,12,21H,1,8-11,13H2,2H3. The first-order chi connectivity index (χ1) is 11.6. The van der Waals surface area contributed by atoms with Crippen LogP contribution in [0.15, 0.2) is 43.0 Å². The SMILES string of the molecule is C=C(C)c1ccc(COc2cccc(N3CCNCC3)n2)c(F)c1. The third-order valence-electron chi connectivity index (χ3n) is 4.07. The first kappa shape index (κ1) is 16.5. The van der Waals surface area contributed by atoms with Gasteiger partial charge in [0.25, 0.3) is 0 Å². The van der Waals surface area contributed by atoms with Crippen molar-refractivity contribution < 1.29 is 9.13 Å². The van der Waals surface area contributed by atoms with E-state index in [-0.39, 0.29) is 12.4 Å². The van der Waals surface area contributed by atoms with Crippen molar-refractivity contribution in [1.82, 2.24) is 10.3 Å². The van der Waals surface area contributed by atoms with Gasteiger partial charge in [0, 0.05) is 37.8 Å². The van der Waals surface area contributed by atoms with Crippen LogP contribution in [-0.4, -0.2) is 31.2 Å². The number of aromatic nitrogens is 1. The van der Waals surface area contributed by atoms with Gasteiger partial charge in [0.15, 0.2) is 0 Å². The lowest BCUT2D eigenvalue weighted by Crippen LogP contribution is -2.43. The first-order valence-corrected chi connectivity index (χ1v) is 8.13. The summed E-state index contributed by atoms with van der Waals surface area (Å²) in [6.07, 6.45) is 0. The van der Waals surface area contributed by atoms with Gasteiger partial charge in [-0.1, -0.05) is 30.4 Å². The zero-order chi connectivity index (χ0) is 16.9. The number of anilines is 1. The van der Waals surface area contributed by atoms with Crippen molar-refractivity contribution in [2.45, 2.75) is 13.5 Å². The van der Waals surface area contributed by atoms with Crippen LogP contribution in [0.25, 0.3) is 5.57 Å². The van der Waals surface area contributed by atoms with Gasteiger partial charge < -0.3 is 15.0 Å². The summed E-state index contributed by atoms with van der Waals surface area (Å²) in [6.45, 7) is 9.59. The molecule has 2 heterocycles. The predicted molar refractivity (Wildman–Crippen MR) is 94.8 cm³/mol. The molecule has 0 atom stereocenters. The molecule has 0 unspecified atom stereocenters. The van der Waals surface area contributed by atoms with Gasteiger partial charge in [-0.05, 0) is 24.6 Å². The van der Waals surface area contributed by atoms with E-state index in [0.29, 0.717) is 11.4 Å². The van der Waals surface area contributed by atoms with Crippen molar-refractivity contribution in [3.05, 3.63) is 59.9 Å². The van der Waals surface area contributed by atoms with Crippen molar-refractivity contribution in [2.75, 3.05) is 31.1 Å². The molecule has 3 rings (SSSR count). The summed E-state index contributed by atoms with van der Waals surface area (Å²) in [5, 5.41) is 3.32. The fourth-order valence-corrected chi connectivity index (χ4v) is 2.64.